The van der Waals surface area contributed by atoms with E-state index in [1.807, 2.05) is 12.1 Å². The van der Waals surface area contributed by atoms with Gasteiger partial charge in [0.05, 0.1) is 17.7 Å². The van der Waals surface area contributed by atoms with Gasteiger partial charge in [0.25, 0.3) is 0 Å². The van der Waals surface area contributed by atoms with Crippen LogP contribution in [-0.4, -0.2) is 6.54 Å². The number of nitriles is 2. The quantitative estimate of drug-likeness (QED) is 0.835. The van der Waals surface area contributed by atoms with Crippen LogP contribution < -0.4 is 5.32 Å². The van der Waals surface area contributed by atoms with Gasteiger partial charge in [-0.15, -0.1) is 0 Å². The van der Waals surface area contributed by atoms with Gasteiger partial charge in [0.1, 0.15) is 6.04 Å². The SMILES string of the molecule is CC(C)CNC(C#N)c1ccccc1C#N. The molecule has 1 atom stereocenters. The molecular formula is C13H15N3. The van der Waals surface area contributed by atoms with Crippen LogP contribution in [0, 0.1) is 28.6 Å². The third-order valence-corrected chi connectivity index (χ3v) is 2.25. The van der Waals surface area contributed by atoms with Crippen LogP contribution in [0.25, 0.3) is 0 Å². The molecule has 3 nitrogen and oxygen atoms in total. The van der Waals surface area contributed by atoms with E-state index in [4.69, 9.17) is 10.5 Å². The maximum Gasteiger partial charge on any atom is 0.122 e. The fourth-order valence-corrected chi connectivity index (χ4v) is 1.43. The Morgan fingerprint density at radius 1 is 1.25 bits per heavy atom. The predicted octanol–water partition coefficient (Wildman–Crippen LogP) is 2.37. The molecule has 0 radical (unpaired) electrons. The smallest absolute Gasteiger partial charge is 0.122 e. The van der Waals surface area contributed by atoms with Crippen molar-refractivity contribution >= 4 is 0 Å². The van der Waals surface area contributed by atoms with E-state index in [0.717, 1.165) is 12.1 Å². The van der Waals surface area contributed by atoms with Gasteiger partial charge in [0.15, 0.2) is 0 Å². The molecule has 0 aromatic heterocycles. The van der Waals surface area contributed by atoms with Crippen molar-refractivity contribution in [3.63, 3.8) is 0 Å². The summed E-state index contributed by atoms with van der Waals surface area (Å²) in [5.41, 5.74) is 1.32. The lowest BCUT2D eigenvalue weighted by molar-refractivity contribution is 0.525. The minimum atomic E-state index is -0.404. The predicted molar refractivity (Wildman–Crippen MR) is 62.4 cm³/mol. The molecule has 1 rings (SSSR count). The lowest BCUT2D eigenvalue weighted by Gasteiger charge is -2.14. The summed E-state index contributed by atoms with van der Waals surface area (Å²) < 4.78 is 0. The molecule has 0 aliphatic rings. The standard InChI is InChI=1S/C13H15N3/c1-10(2)9-16-13(8-15)12-6-4-3-5-11(12)7-14/h3-6,10,13,16H,9H2,1-2H3. The van der Waals surface area contributed by atoms with Crippen LogP contribution in [0.3, 0.4) is 0 Å². The Morgan fingerprint density at radius 3 is 2.50 bits per heavy atom. The van der Waals surface area contributed by atoms with Crippen LogP contribution in [0.4, 0.5) is 0 Å². The van der Waals surface area contributed by atoms with Crippen molar-refractivity contribution in [2.75, 3.05) is 6.54 Å². The first-order chi connectivity index (χ1) is 7.69. The molecule has 0 amide bonds. The largest absolute Gasteiger partial charge is 0.298 e. The molecule has 82 valence electrons. The Balaban J connectivity index is 2.88. The number of hydrogen-bond donors (Lipinski definition) is 1. The number of nitrogens with zero attached hydrogens (tertiary/aromatic N) is 2. The van der Waals surface area contributed by atoms with E-state index in [0.29, 0.717) is 11.5 Å². The zero-order valence-corrected chi connectivity index (χ0v) is 9.57. The third-order valence-electron chi connectivity index (χ3n) is 2.25. The molecule has 0 aliphatic carbocycles. The molecule has 1 N–H and O–H groups in total. The second-order valence-corrected chi connectivity index (χ2v) is 4.06. The van der Waals surface area contributed by atoms with Crippen molar-refractivity contribution in [2.45, 2.75) is 19.9 Å². The van der Waals surface area contributed by atoms with Crippen molar-refractivity contribution in [1.29, 1.82) is 10.5 Å². The number of rotatable bonds is 4. The Bertz CT molecular complexity index is 424. The van der Waals surface area contributed by atoms with E-state index >= 15 is 0 Å². The average Bonchev–Trinajstić information content (AvgIpc) is 2.30. The molecule has 0 saturated heterocycles. The van der Waals surface area contributed by atoms with Gasteiger partial charge in [-0.1, -0.05) is 32.0 Å². The highest BCUT2D eigenvalue weighted by Gasteiger charge is 2.13. The first-order valence-corrected chi connectivity index (χ1v) is 5.31. The monoisotopic (exact) mass is 213 g/mol. The summed E-state index contributed by atoms with van der Waals surface area (Å²) in [6.07, 6.45) is 0. The molecule has 16 heavy (non-hydrogen) atoms. The molecule has 1 aromatic carbocycles. The summed E-state index contributed by atoms with van der Waals surface area (Å²) in [5, 5.41) is 21.2. The van der Waals surface area contributed by atoms with Crippen LogP contribution in [-0.2, 0) is 0 Å². The van der Waals surface area contributed by atoms with Crippen molar-refractivity contribution in [1.82, 2.24) is 5.32 Å². The fourth-order valence-electron chi connectivity index (χ4n) is 1.43. The zero-order chi connectivity index (χ0) is 12.0. The molecular weight excluding hydrogens is 198 g/mol. The molecule has 1 unspecified atom stereocenters. The Labute approximate surface area is 96.3 Å². The summed E-state index contributed by atoms with van der Waals surface area (Å²) in [6, 6.07) is 11.1. The average molecular weight is 213 g/mol. The molecule has 0 fully saturated rings. The van der Waals surface area contributed by atoms with Gasteiger partial charge in [-0.25, -0.2) is 0 Å². The first-order valence-electron chi connectivity index (χ1n) is 5.31. The van der Waals surface area contributed by atoms with Crippen molar-refractivity contribution in [3.05, 3.63) is 35.4 Å². The summed E-state index contributed by atoms with van der Waals surface area (Å²) in [5.74, 6) is 0.477. The van der Waals surface area contributed by atoms with Gasteiger partial charge in [0, 0.05) is 5.56 Å². The van der Waals surface area contributed by atoms with Gasteiger partial charge in [-0.2, -0.15) is 10.5 Å². The summed E-state index contributed by atoms with van der Waals surface area (Å²) >= 11 is 0. The molecule has 0 spiro atoms. The first kappa shape index (κ1) is 12.2. The van der Waals surface area contributed by atoms with Crippen LogP contribution >= 0.6 is 0 Å². The highest BCUT2D eigenvalue weighted by Crippen LogP contribution is 2.16. The lowest BCUT2D eigenvalue weighted by atomic mass is 10.0. The molecule has 3 heteroatoms. The Morgan fingerprint density at radius 2 is 1.94 bits per heavy atom. The van der Waals surface area contributed by atoms with E-state index in [-0.39, 0.29) is 0 Å². The highest BCUT2D eigenvalue weighted by atomic mass is 14.9. The van der Waals surface area contributed by atoms with E-state index in [2.05, 4.69) is 31.3 Å². The van der Waals surface area contributed by atoms with Crippen LogP contribution in [0.5, 0.6) is 0 Å². The minimum Gasteiger partial charge on any atom is -0.298 e. The van der Waals surface area contributed by atoms with Crippen LogP contribution in [0.15, 0.2) is 24.3 Å². The molecule has 0 heterocycles. The molecule has 0 saturated carbocycles. The zero-order valence-electron chi connectivity index (χ0n) is 9.57. The second-order valence-electron chi connectivity index (χ2n) is 4.06. The molecule has 0 bridgehead atoms. The highest BCUT2D eigenvalue weighted by molar-refractivity contribution is 5.41. The van der Waals surface area contributed by atoms with Crippen LogP contribution in [0.2, 0.25) is 0 Å². The normalized spacial score (nSPS) is 11.8. The van der Waals surface area contributed by atoms with E-state index < -0.39 is 6.04 Å². The van der Waals surface area contributed by atoms with Crippen LogP contribution in [0.1, 0.15) is 31.0 Å². The van der Waals surface area contributed by atoms with Gasteiger partial charge in [-0.3, -0.25) is 5.32 Å². The van der Waals surface area contributed by atoms with Gasteiger partial charge in [0.2, 0.25) is 0 Å². The number of hydrogen-bond acceptors (Lipinski definition) is 3. The van der Waals surface area contributed by atoms with E-state index in [9.17, 15) is 0 Å². The molecule has 0 aliphatic heterocycles. The number of benzene rings is 1. The number of nitrogens with one attached hydrogen (secondary N) is 1. The van der Waals surface area contributed by atoms with Gasteiger partial charge in [-0.05, 0) is 18.5 Å². The third kappa shape index (κ3) is 3.08. The van der Waals surface area contributed by atoms with E-state index in [1.54, 1.807) is 12.1 Å². The van der Waals surface area contributed by atoms with Crippen molar-refractivity contribution in [2.24, 2.45) is 5.92 Å². The maximum absolute atomic E-state index is 9.09. The maximum atomic E-state index is 9.09. The molecule has 1 aromatic rings. The van der Waals surface area contributed by atoms with E-state index in [1.165, 1.54) is 0 Å². The van der Waals surface area contributed by atoms with Crippen molar-refractivity contribution < 1.29 is 0 Å². The Hall–Kier alpha value is -1.84. The van der Waals surface area contributed by atoms with Crippen molar-refractivity contribution in [3.8, 4) is 12.1 Å². The topological polar surface area (TPSA) is 59.6 Å². The van der Waals surface area contributed by atoms with Gasteiger partial charge < -0.3 is 0 Å². The summed E-state index contributed by atoms with van der Waals surface area (Å²) in [6.45, 7) is 4.92. The van der Waals surface area contributed by atoms with Gasteiger partial charge >= 0.3 is 0 Å². The summed E-state index contributed by atoms with van der Waals surface area (Å²) in [7, 11) is 0. The minimum absolute atomic E-state index is 0.404. The Kier molecular flexibility index (Phi) is 4.51. The summed E-state index contributed by atoms with van der Waals surface area (Å²) in [4.78, 5) is 0. The lowest BCUT2D eigenvalue weighted by Crippen LogP contribution is -2.24. The second kappa shape index (κ2) is 5.90. The fraction of sp³-hybridized carbons (Fsp3) is 0.385.